The van der Waals surface area contributed by atoms with Crippen molar-refractivity contribution in [2.45, 2.75) is 156 Å². The average Bonchev–Trinajstić information content (AvgIpc) is 2.88. The van der Waals surface area contributed by atoms with Crippen LogP contribution in [0.4, 0.5) is 0 Å². The molecular formula is C27H51Al4O18P3. The summed E-state index contributed by atoms with van der Waals surface area (Å²) in [4.78, 5) is 107. The predicted octanol–water partition coefficient (Wildman–Crippen LogP) is -5.54. The van der Waals surface area contributed by atoms with E-state index in [2.05, 4.69) is 20.8 Å². The molecule has 0 aliphatic rings. The quantitative estimate of drug-likeness (QED) is 0.0590. The van der Waals surface area contributed by atoms with Crippen LogP contribution >= 0.6 is 23.5 Å². The second kappa shape index (κ2) is 56.2. The number of hydrogen-bond donors (Lipinski definition) is 0. The number of aliphatic carboxylic acids is 3. The topological polar surface area (TPSA) is 379 Å². The third-order valence-electron chi connectivity index (χ3n) is 5.20. The van der Waals surface area contributed by atoms with Gasteiger partial charge >= 0.3 is 69.4 Å². The smallest absolute Gasteiger partial charge is 0.822 e. The van der Waals surface area contributed by atoms with Gasteiger partial charge in [0.2, 0.25) is 0 Å². The summed E-state index contributed by atoms with van der Waals surface area (Å²) in [6.07, 6.45) is 20.9. The third kappa shape index (κ3) is 205. The number of carbonyl (C=O) groups excluding carboxylic acids is 3. The second-order valence-corrected chi connectivity index (χ2v) is 12.7. The maximum Gasteiger partial charge on any atom is 3.00 e. The SMILES string of the molecule is CCCCCCCCC(=O)[O-].CCCCCCCCC(=O)[O-].CCCCCCCCC(=O)[O-].O=P([O-])([O-])[O-].O=P([O-])([O-])[O-].O=P([O-])([O-])[O-].[Al+3].[Al+3].[Al+3].[Al+3]. The predicted molar refractivity (Wildman–Crippen MR) is 175 cm³/mol. The summed E-state index contributed by atoms with van der Waals surface area (Å²) in [6.45, 7) is 6.50. The zero-order chi connectivity index (χ0) is 39.1. The molecule has 18 nitrogen and oxygen atoms in total. The van der Waals surface area contributed by atoms with Crippen molar-refractivity contribution >= 4 is 111 Å². The van der Waals surface area contributed by atoms with E-state index in [1.165, 1.54) is 77.0 Å². The minimum Gasteiger partial charge on any atom is -0.822 e. The van der Waals surface area contributed by atoms with Crippen LogP contribution in [0.1, 0.15) is 156 Å². The van der Waals surface area contributed by atoms with Crippen LogP contribution in [0.5, 0.6) is 0 Å². The molecule has 0 rings (SSSR count). The molecule has 0 aromatic heterocycles. The van der Waals surface area contributed by atoms with Gasteiger partial charge in [-0.1, -0.05) is 117 Å². The Balaban J connectivity index is -0.0000000518. The Labute approximate surface area is 351 Å². The van der Waals surface area contributed by atoms with Crippen LogP contribution in [0.2, 0.25) is 0 Å². The van der Waals surface area contributed by atoms with Crippen molar-refractivity contribution in [1.29, 1.82) is 0 Å². The monoisotopic (exact) mass is 864 g/mol. The molecule has 0 heterocycles. The fraction of sp³-hybridized carbons (Fsp3) is 0.889. The van der Waals surface area contributed by atoms with Crippen LogP contribution in [0.3, 0.4) is 0 Å². The molecule has 0 aromatic carbocycles. The van der Waals surface area contributed by atoms with E-state index in [1.807, 2.05) is 0 Å². The first-order valence-electron chi connectivity index (χ1n) is 15.6. The summed E-state index contributed by atoms with van der Waals surface area (Å²) in [7, 11) is -16.2. The van der Waals surface area contributed by atoms with Gasteiger partial charge in [-0.3, -0.25) is 0 Å². The maximum atomic E-state index is 9.98. The summed E-state index contributed by atoms with van der Waals surface area (Å²) in [5.74, 6) is -2.75. The van der Waals surface area contributed by atoms with E-state index in [-0.39, 0.29) is 88.7 Å². The maximum absolute atomic E-state index is 9.98. The normalized spacial score (nSPS) is 9.69. The van der Waals surface area contributed by atoms with Gasteiger partial charge in [-0.05, 0) is 38.5 Å². The zero-order valence-corrected chi connectivity index (χ0v) is 37.7. The van der Waals surface area contributed by atoms with Gasteiger partial charge in [0.1, 0.15) is 0 Å². The van der Waals surface area contributed by atoms with E-state index < -0.39 is 41.4 Å². The Morgan fingerprint density at radius 3 is 0.558 bits per heavy atom. The first-order valence-corrected chi connectivity index (χ1v) is 20.0. The Morgan fingerprint density at radius 2 is 0.442 bits per heavy atom. The van der Waals surface area contributed by atoms with Gasteiger partial charge in [0.25, 0.3) is 0 Å². The van der Waals surface area contributed by atoms with Crippen molar-refractivity contribution in [3.8, 4) is 0 Å². The standard InChI is InChI=1S/3C9H18O2.4Al.3H3O4P/c3*1-2-3-4-5-6-7-8-9(10)11;;;;;3*1-5(2,3)4/h3*2-8H2,1H3,(H,10,11);;;;;3*(H3,1,2,3,4)/q;;;4*+3;;;/p-12. The van der Waals surface area contributed by atoms with E-state index in [1.54, 1.807) is 0 Å². The average molecular weight is 865 g/mol. The van der Waals surface area contributed by atoms with E-state index >= 15 is 0 Å². The van der Waals surface area contributed by atoms with Gasteiger partial charge < -0.3 is 87.4 Å². The van der Waals surface area contributed by atoms with Crippen LogP contribution in [-0.2, 0) is 28.1 Å². The number of carboxylic acid groups (broad SMARTS) is 3. The fourth-order valence-electron chi connectivity index (χ4n) is 3.15. The number of unbranched alkanes of at least 4 members (excludes halogenated alkanes) is 15. The first-order chi connectivity index (χ1) is 21.8. The molecule has 0 spiro atoms. The summed E-state index contributed by atoms with van der Waals surface area (Å²) in [5.41, 5.74) is 0. The number of carbonyl (C=O) groups is 3. The summed E-state index contributed by atoms with van der Waals surface area (Å²) >= 11 is 0. The van der Waals surface area contributed by atoms with Crippen molar-refractivity contribution in [2.75, 3.05) is 0 Å². The second-order valence-electron chi connectivity index (χ2n) is 10.0. The van der Waals surface area contributed by atoms with E-state index in [9.17, 15) is 29.7 Å². The zero-order valence-electron chi connectivity index (χ0n) is 30.3. The summed E-state index contributed by atoms with van der Waals surface area (Å²) < 4.78 is 25.6. The third-order valence-corrected chi connectivity index (χ3v) is 5.20. The van der Waals surface area contributed by atoms with Gasteiger partial charge in [0.15, 0.2) is 0 Å². The molecule has 0 atom stereocenters. The summed E-state index contributed by atoms with van der Waals surface area (Å²) in [6, 6.07) is 0. The van der Waals surface area contributed by atoms with Crippen LogP contribution in [0, 0.1) is 0 Å². The molecule has 25 heteroatoms. The number of carboxylic acids is 3. The molecule has 0 radical (unpaired) electrons. The largest absolute Gasteiger partial charge is 3.00 e. The Hall–Kier alpha value is 0.870. The molecule has 0 unspecified atom stereocenters. The molecule has 0 saturated heterocycles. The van der Waals surface area contributed by atoms with Crippen LogP contribution in [0.15, 0.2) is 0 Å². The van der Waals surface area contributed by atoms with Crippen molar-refractivity contribution in [1.82, 2.24) is 0 Å². The molecular weight excluding hydrogens is 813 g/mol. The summed E-state index contributed by atoms with van der Waals surface area (Å²) in [5, 5.41) is 29.9. The van der Waals surface area contributed by atoms with Gasteiger partial charge in [-0.15, -0.1) is 0 Å². The van der Waals surface area contributed by atoms with E-state index in [0.29, 0.717) is 0 Å². The fourth-order valence-corrected chi connectivity index (χ4v) is 3.15. The Morgan fingerprint density at radius 1 is 0.327 bits per heavy atom. The van der Waals surface area contributed by atoms with Crippen LogP contribution in [0.25, 0.3) is 0 Å². The minimum absolute atomic E-state index is 0. The van der Waals surface area contributed by atoms with Crippen molar-refractivity contribution in [2.24, 2.45) is 0 Å². The van der Waals surface area contributed by atoms with Crippen molar-refractivity contribution < 1.29 is 87.4 Å². The molecule has 0 aliphatic carbocycles. The van der Waals surface area contributed by atoms with Crippen molar-refractivity contribution in [3.05, 3.63) is 0 Å². The first kappa shape index (κ1) is 77.4. The Bertz CT molecular complexity index is 741. The van der Waals surface area contributed by atoms with Gasteiger partial charge in [-0.25, -0.2) is 0 Å². The molecule has 0 saturated carbocycles. The van der Waals surface area contributed by atoms with E-state index in [0.717, 1.165) is 38.5 Å². The van der Waals surface area contributed by atoms with Crippen LogP contribution in [-0.4, -0.2) is 87.4 Å². The van der Waals surface area contributed by atoms with Crippen LogP contribution < -0.4 is 59.4 Å². The number of rotatable bonds is 21. The minimum atomic E-state index is -5.39. The van der Waals surface area contributed by atoms with Gasteiger partial charge in [-0.2, -0.15) is 23.5 Å². The molecule has 0 amide bonds. The molecule has 0 bridgehead atoms. The molecule has 52 heavy (non-hydrogen) atoms. The van der Waals surface area contributed by atoms with E-state index in [4.69, 9.17) is 57.7 Å². The molecule has 0 fully saturated rings. The molecule has 294 valence electrons. The Kier molecular flexibility index (Phi) is 83.7. The number of phosphoric acid groups is 3. The van der Waals surface area contributed by atoms with Crippen molar-refractivity contribution in [3.63, 3.8) is 0 Å². The molecule has 0 aromatic rings. The van der Waals surface area contributed by atoms with Gasteiger partial charge in [0, 0.05) is 17.9 Å². The molecule has 0 aliphatic heterocycles. The van der Waals surface area contributed by atoms with Gasteiger partial charge in [0.05, 0.1) is 0 Å². The number of hydrogen-bond acceptors (Lipinski definition) is 18. The molecule has 0 N–H and O–H groups in total.